The highest BCUT2D eigenvalue weighted by Crippen LogP contribution is 2.21. The molecule has 0 heterocycles. The van der Waals surface area contributed by atoms with E-state index in [0.29, 0.717) is 13.2 Å². The Kier molecular flexibility index (Phi) is 25.8. The summed E-state index contributed by atoms with van der Waals surface area (Å²) in [6, 6.07) is 0. The quantitative estimate of drug-likeness (QED) is 0.0580. The van der Waals surface area contributed by atoms with E-state index in [0.717, 1.165) is 25.7 Å². The van der Waals surface area contributed by atoms with Crippen LogP contribution in [0, 0.1) is 5.41 Å². The highest BCUT2D eigenvalue weighted by atomic mass is 16.6. The van der Waals surface area contributed by atoms with Crippen molar-refractivity contribution in [3.8, 4) is 0 Å². The van der Waals surface area contributed by atoms with Crippen molar-refractivity contribution in [2.45, 2.75) is 182 Å². The predicted octanol–water partition coefficient (Wildman–Crippen LogP) is 10.5. The maximum atomic E-state index is 12.4. The van der Waals surface area contributed by atoms with Crippen LogP contribution in [0.25, 0.3) is 0 Å². The molecular weight excluding hydrogens is 460 g/mol. The Morgan fingerprint density at radius 2 is 0.622 bits per heavy atom. The molecule has 0 aliphatic carbocycles. The van der Waals surface area contributed by atoms with Crippen LogP contribution in [0.5, 0.6) is 0 Å². The van der Waals surface area contributed by atoms with Crippen LogP contribution in [-0.2, 0) is 19.1 Å². The van der Waals surface area contributed by atoms with Crippen LogP contribution in [0.15, 0.2) is 0 Å². The molecule has 0 N–H and O–H groups in total. The van der Waals surface area contributed by atoms with Gasteiger partial charge in [-0.15, -0.1) is 0 Å². The SMILES string of the molecule is CCCCCCCCCCCCCCCCCOC(=O)C(C)(C)C(=O)OCCCCCCCCCCC. The van der Waals surface area contributed by atoms with Gasteiger partial charge in [-0.2, -0.15) is 0 Å². The average molecular weight is 525 g/mol. The molecular formula is C33H64O4. The Morgan fingerprint density at radius 3 is 0.865 bits per heavy atom. The molecule has 0 aliphatic rings. The minimum atomic E-state index is -1.23. The highest BCUT2D eigenvalue weighted by Gasteiger charge is 2.39. The normalized spacial score (nSPS) is 11.6. The van der Waals surface area contributed by atoms with E-state index in [1.807, 2.05) is 0 Å². The number of ether oxygens (including phenoxy) is 2. The lowest BCUT2D eigenvalue weighted by molar-refractivity contribution is -0.170. The Labute approximate surface area is 231 Å². The molecule has 0 radical (unpaired) electrons. The number of esters is 2. The lowest BCUT2D eigenvalue weighted by Gasteiger charge is -2.20. The molecule has 0 aromatic heterocycles. The smallest absolute Gasteiger partial charge is 0.322 e. The number of rotatable bonds is 28. The number of carbonyl (C=O) groups excluding carboxylic acids is 2. The molecule has 0 fully saturated rings. The summed E-state index contributed by atoms with van der Waals surface area (Å²) in [4.78, 5) is 24.8. The van der Waals surface area contributed by atoms with Crippen LogP contribution in [-0.4, -0.2) is 25.2 Å². The topological polar surface area (TPSA) is 52.6 Å². The average Bonchev–Trinajstić information content (AvgIpc) is 2.89. The summed E-state index contributed by atoms with van der Waals surface area (Å²) in [5, 5.41) is 0. The summed E-state index contributed by atoms with van der Waals surface area (Å²) in [6.45, 7) is 8.52. The molecule has 0 saturated carbocycles. The molecule has 0 rings (SSSR count). The van der Waals surface area contributed by atoms with Gasteiger partial charge in [0.1, 0.15) is 0 Å². The summed E-state index contributed by atoms with van der Waals surface area (Å²) < 4.78 is 10.8. The van der Waals surface area contributed by atoms with Gasteiger partial charge in [-0.3, -0.25) is 9.59 Å². The van der Waals surface area contributed by atoms with Gasteiger partial charge in [-0.1, -0.05) is 155 Å². The highest BCUT2D eigenvalue weighted by molar-refractivity contribution is 5.99. The molecule has 220 valence electrons. The van der Waals surface area contributed by atoms with Gasteiger partial charge in [0, 0.05) is 0 Å². The van der Waals surface area contributed by atoms with Gasteiger partial charge in [0.2, 0.25) is 0 Å². The van der Waals surface area contributed by atoms with Crippen molar-refractivity contribution in [2.75, 3.05) is 13.2 Å². The van der Waals surface area contributed by atoms with Gasteiger partial charge in [0.25, 0.3) is 0 Å². The fourth-order valence-electron chi connectivity index (χ4n) is 4.66. The molecule has 0 unspecified atom stereocenters. The minimum absolute atomic E-state index is 0.393. The van der Waals surface area contributed by atoms with Crippen molar-refractivity contribution >= 4 is 11.9 Å². The first-order valence-electron chi connectivity index (χ1n) is 16.3. The van der Waals surface area contributed by atoms with Crippen LogP contribution in [0.2, 0.25) is 0 Å². The number of hydrogen-bond acceptors (Lipinski definition) is 4. The van der Waals surface area contributed by atoms with Gasteiger partial charge < -0.3 is 9.47 Å². The maximum Gasteiger partial charge on any atom is 0.322 e. The first-order valence-corrected chi connectivity index (χ1v) is 16.3. The van der Waals surface area contributed by atoms with Crippen molar-refractivity contribution in [1.82, 2.24) is 0 Å². The minimum Gasteiger partial charge on any atom is -0.465 e. The van der Waals surface area contributed by atoms with E-state index in [1.165, 1.54) is 128 Å². The van der Waals surface area contributed by atoms with E-state index in [9.17, 15) is 9.59 Å². The Balaban J connectivity index is 3.57. The second-order valence-electron chi connectivity index (χ2n) is 11.7. The zero-order valence-electron chi connectivity index (χ0n) is 25.5. The van der Waals surface area contributed by atoms with Gasteiger partial charge in [-0.05, 0) is 26.7 Å². The summed E-state index contributed by atoms with van der Waals surface area (Å²) >= 11 is 0. The van der Waals surface area contributed by atoms with Crippen LogP contribution >= 0.6 is 0 Å². The van der Waals surface area contributed by atoms with Crippen molar-refractivity contribution < 1.29 is 19.1 Å². The van der Waals surface area contributed by atoms with Crippen LogP contribution in [0.3, 0.4) is 0 Å². The van der Waals surface area contributed by atoms with E-state index < -0.39 is 17.4 Å². The Bertz CT molecular complexity index is 514. The zero-order chi connectivity index (χ0) is 27.5. The first-order chi connectivity index (χ1) is 18.0. The fourth-order valence-corrected chi connectivity index (χ4v) is 4.66. The number of carbonyl (C=O) groups is 2. The third-order valence-electron chi connectivity index (χ3n) is 7.48. The molecule has 0 aromatic carbocycles. The molecule has 0 amide bonds. The summed E-state index contributed by atoms with van der Waals surface area (Å²) in [5.41, 5.74) is -1.23. The summed E-state index contributed by atoms with van der Waals surface area (Å²) in [5.74, 6) is -0.927. The zero-order valence-corrected chi connectivity index (χ0v) is 25.5. The van der Waals surface area contributed by atoms with Gasteiger partial charge in [-0.25, -0.2) is 0 Å². The van der Waals surface area contributed by atoms with Crippen molar-refractivity contribution in [3.05, 3.63) is 0 Å². The van der Waals surface area contributed by atoms with E-state index in [4.69, 9.17) is 9.47 Å². The lowest BCUT2D eigenvalue weighted by atomic mass is 9.94. The molecule has 4 nitrogen and oxygen atoms in total. The van der Waals surface area contributed by atoms with Gasteiger partial charge >= 0.3 is 11.9 Å². The Hall–Kier alpha value is -1.06. The van der Waals surface area contributed by atoms with E-state index in [1.54, 1.807) is 13.8 Å². The predicted molar refractivity (Wildman–Crippen MR) is 158 cm³/mol. The third-order valence-corrected chi connectivity index (χ3v) is 7.48. The van der Waals surface area contributed by atoms with Crippen molar-refractivity contribution in [1.29, 1.82) is 0 Å². The van der Waals surface area contributed by atoms with E-state index >= 15 is 0 Å². The fraction of sp³-hybridized carbons (Fsp3) is 0.939. The molecule has 0 aliphatic heterocycles. The summed E-state index contributed by atoms with van der Waals surface area (Å²) in [7, 11) is 0. The molecule has 0 spiro atoms. The molecule has 0 aromatic rings. The van der Waals surface area contributed by atoms with Crippen LogP contribution in [0.4, 0.5) is 0 Å². The second kappa shape index (κ2) is 26.5. The number of hydrogen-bond donors (Lipinski definition) is 0. The number of unbranched alkanes of at least 4 members (excludes halogenated alkanes) is 22. The molecule has 0 bridgehead atoms. The maximum absolute atomic E-state index is 12.4. The van der Waals surface area contributed by atoms with Gasteiger partial charge in [0.15, 0.2) is 5.41 Å². The van der Waals surface area contributed by atoms with Crippen LogP contribution < -0.4 is 0 Å². The molecule has 4 heteroatoms. The summed E-state index contributed by atoms with van der Waals surface area (Å²) in [6.07, 6.45) is 30.6. The standard InChI is InChI=1S/C33H64O4/c1-5-7-9-11-13-15-16-17-18-19-20-22-24-26-28-30-37-32(35)33(3,4)31(34)36-29-27-25-23-21-14-12-10-8-6-2/h5-30H2,1-4H3. The lowest BCUT2D eigenvalue weighted by Crippen LogP contribution is -2.37. The Morgan fingerprint density at radius 1 is 0.405 bits per heavy atom. The van der Waals surface area contributed by atoms with E-state index in [-0.39, 0.29) is 0 Å². The third kappa shape index (κ3) is 22.6. The first kappa shape index (κ1) is 35.9. The van der Waals surface area contributed by atoms with Crippen molar-refractivity contribution in [3.63, 3.8) is 0 Å². The largest absolute Gasteiger partial charge is 0.465 e. The molecule has 37 heavy (non-hydrogen) atoms. The second-order valence-corrected chi connectivity index (χ2v) is 11.7. The molecule has 0 saturated heterocycles. The van der Waals surface area contributed by atoms with Crippen LogP contribution in [0.1, 0.15) is 182 Å². The molecule has 0 atom stereocenters. The van der Waals surface area contributed by atoms with Gasteiger partial charge in [0.05, 0.1) is 13.2 Å². The van der Waals surface area contributed by atoms with E-state index in [2.05, 4.69) is 13.8 Å². The van der Waals surface area contributed by atoms with Crippen molar-refractivity contribution in [2.24, 2.45) is 5.41 Å². The monoisotopic (exact) mass is 524 g/mol.